The van der Waals surface area contributed by atoms with Crippen LogP contribution in [0.5, 0.6) is 0 Å². The highest BCUT2D eigenvalue weighted by Gasteiger charge is 2.16. The maximum absolute atomic E-state index is 12.2. The van der Waals surface area contributed by atoms with Crippen molar-refractivity contribution in [2.24, 2.45) is 0 Å². The van der Waals surface area contributed by atoms with Gasteiger partial charge in [0.2, 0.25) is 5.78 Å². The predicted octanol–water partition coefficient (Wildman–Crippen LogP) is 4.17. The smallest absolute Gasteiger partial charge is 0.356 e. The Labute approximate surface area is 154 Å². The molecule has 2 aromatic heterocycles. The lowest BCUT2D eigenvalue weighted by Crippen LogP contribution is -2.14. The first-order valence-electron chi connectivity index (χ1n) is 8.41. The molecule has 0 radical (unpaired) electrons. The number of esters is 1. The molecule has 6 nitrogen and oxygen atoms in total. The topological polar surface area (TPSA) is 85.2 Å². The molecule has 27 heavy (non-hydrogen) atoms. The molecule has 0 aliphatic heterocycles. The molecule has 0 bridgehead atoms. The molecule has 0 amide bonds. The van der Waals surface area contributed by atoms with Gasteiger partial charge in [0.05, 0.1) is 5.69 Å². The molecule has 0 unspecified atom stereocenters. The van der Waals surface area contributed by atoms with Crippen molar-refractivity contribution in [2.45, 2.75) is 6.92 Å². The number of hydrogen-bond acceptors (Lipinski definition) is 5. The zero-order valence-corrected chi connectivity index (χ0v) is 14.6. The monoisotopic (exact) mass is 360 g/mol. The van der Waals surface area contributed by atoms with Crippen molar-refractivity contribution in [1.82, 2.24) is 10.2 Å². The lowest BCUT2D eigenvalue weighted by molar-refractivity contribution is 0.0462. The molecular weight excluding hydrogens is 344 g/mol. The van der Waals surface area contributed by atoms with Crippen LogP contribution < -0.4 is 0 Å². The molecule has 1 N–H and O–H groups in total. The van der Waals surface area contributed by atoms with Crippen molar-refractivity contribution in [3.8, 4) is 11.3 Å². The van der Waals surface area contributed by atoms with Crippen molar-refractivity contribution >= 4 is 22.5 Å². The molecule has 6 heteroatoms. The Morgan fingerprint density at radius 3 is 2.63 bits per heavy atom. The second-order valence-corrected chi connectivity index (χ2v) is 6.14. The predicted molar refractivity (Wildman–Crippen MR) is 99.6 cm³/mol. The van der Waals surface area contributed by atoms with Gasteiger partial charge in [-0.25, -0.2) is 4.79 Å². The summed E-state index contributed by atoms with van der Waals surface area (Å²) < 4.78 is 10.3. The first-order valence-corrected chi connectivity index (χ1v) is 8.41. The molecule has 0 aliphatic carbocycles. The number of aromatic nitrogens is 2. The fourth-order valence-electron chi connectivity index (χ4n) is 2.79. The third-order valence-electron chi connectivity index (χ3n) is 4.19. The van der Waals surface area contributed by atoms with E-state index in [0.29, 0.717) is 11.5 Å². The van der Waals surface area contributed by atoms with Gasteiger partial charge in [0.15, 0.2) is 12.4 Å². The molecule has 0 fully saturated rings. The number of nitrogens with one attached hydrogen (secondary N) is 1. The highest BCUT2D eigenvalue weighted by atomic mass is 16.5. The first kappa shape index (κ1) is 16.8. The number of ketones is 1. The fourth-order valence-corrected chi connectivity index (χ4v) is 2.79. The maximum Gasteiger partial charge on any atom is 0.356 e. The number of hydrogen-bond donors (Lipinski definition) is 1. The Bertz CT molecular complexity index is 1140. The summed E-state index contributed by atoms with van der Waals surface area (Å²) in [6.45, 7) is 1.35. The molecule has 0 aliphatic rings. The quantitative estimate of drug-likeness (QED) is 0.426. The number of fused-ring (bicyclic) bond motifs is 1. The number of aryl methyl sites for hydroxylation is 1. The number of ether oxygens (including phenoxy) is 1. The zero-order chi connectivity index (χ0) is 18.8. The van der Waals surface area contributed by atoms with Crippen LogP contribution in [0.15, 0.2) is 65.1 Å². The third kappa shape index (κ3) is 3.50. The molecular formula is C21H16N2O4. The van der Waals surface area contributed by atoms with Crippen LogP contribution in [0, 0.1) is 6.92 Å². The molecule has 2 heterocycles. The highest BCUT2D eigenvalue weighted by Crippen LogP contribution is 2.23. The number of benzene rings is 2. The van der Waals surface area contributed by atoms with Crippen LogP contribution in [0.25, 0.3) is 22.0 Å². The van der Waals surface area contributed by atoms with E-state index in [0.717, 1.165) is 16.3 Å². The number of carbonyl (C=O) groups excluding carboxylic acids is 2. The van der Waals surface area contributed by atoms with E-state index in [1.807, 2.05) is 42.5 Å². The Morgan fingerprint density at radius 1 is 1.04 bits per heavy atom. The average Bonchev–Trinajstić information content (AvgIpc) is 3.35. The lowest BCUT2D eigenvalue weighted by Gasteiger charge is -2.01. The van der Waals surface area contributed by atoms with Gasteiger partial charge in [-0.2, -0.15) is 5.10 Å². The largest absolute Gasteiger partial charge is 0.458 e. The van der Waals surface area contributed by atoms with Crippen LogP contribution in [0.2, 0.25) is 0 Å². The van der Waals surface area contributed by atoms with Crippen molar-refractivity contribution < 1.29 is 18.7 Å². The summed E-state index contributed by atoms with van der Waals surface area (Å²) in [6, 6.07) is 18.8. The van der Waals surface area contributed by atoms with Crippen molar-refractivity contribution in [3.05, 3.63) is 77.9 Å². The summed E-state index contributed by atoms with van der Waals surface area (Å²) in [5, 5.41) is 9.05. The van der Waals surface area contributed by atoms with E-state index in [1.54, 1.807) is 25.1 Å². The molecule has 0 atom stereocenters. The fraction of sp³-hybridized carbons (Fsp3) is 0.0952. The van der Waals surface area contributed by atoms with Crippen LogP contribution in [0.4, 0.5) is 0 Å². The minimum Gasteiger partial charge on any atom is -0.458 e. The molecule has 134 valence electrons. The van der Waals surface area contributed by atoms with Gasteiger partial charge >= 0.3 is 5.97 Å². The number of Topliss-reactive ketones (excluding diaryl/α,β-unsaturated/α-hetero) is 1. The third-order valence-corrected chi connectivity index (χ3v) is 4.19. The summed E-state index contributed by atoms with van der Waals surface area (Å²) >= 11 is 0. The summed E-state index contributed by atoms with van der Waals surface area (Å²) in [5.74, 6) is -0.253. The maximum atomic E-state index is 12.2. The van der Waals surface area contributed by atoms with Gasteiger partial charge in [-0.3, -0.25) is 9.89 Å². The summed E-state index contributed by atoms with van der Waals surface area (Å²) in [4.78, 5) is 24.1. The number of H-pyrrole nitrogens is 1. The zero-order valence-electron chi connectivity index (χ0n) is 14.6. The molecule has 2 aromatic carbocycles. The minimum absolute atomic E-state index is 0.168. The standard InChI is InChI=1S/C21H16N2O4/c1-13-6-9-20(27-13)19(24)12-26-21(25)18-11-17(22-23-18)16-8-7-14-4-2-3-5-15(14)10-16/h2-11H,12H2,1H3,(H,22,23). The Hall–Kier alpha value is -3.67. The number of furan rings is 1. The molecule has 0 saturated carbocycles. The van der Waals surface area contributed by atoms with Crippen LogP contribution >= 0.6 is 0 Å². The highest BCUT2D eigenvalue weighted by molar-refractivity contribution is 5.97. The van der Waals surface area contributed by atoms with Gasteiger partial charge in [0, 0.05) is 5.56 Å². The van der Waals surface area contributed by atoms with E-state index in [2.05, 4.69) is 10.2 Å². The van der Waals surface area contributed by atoms with Gasteiger partial charge < -0.3 is 9.15 Å². The van der Waals surface area contributed by atoms with E-state index in [1.165, 1.54) is 0 Å². The number of nitrogens with zero attached hydrogens (tertiary/aromatic N) is 1. The van der Waals surface area contributed by atoms with Crippen molar-refractivity contribution in [2.75, 3.05) is 6.61 Å². The molecule has 0 saturated heterocycles. The van der Waals surface area contributed by atoms with E-state index >= 15 is 0 Å². The van der Waals surface area contributed by atoms with Crippen LogP contribution in [-0.4, -0.2) is 28.6 Å². The van der Waals surface area contributed by atoms with Crippen LogP contribution in [-0.2, 0) is 4.74 Å². The number of aromatic amines is 1. The van der Waals surface area contributed by atoms with Gasteiger partial charge in [0.1, 0.15) is 11.5 Å². The normalized spacial score (nSPS) is 10.9. The van der Waals surface area contributed by atoms with E-state index in [9.17, 15) is 9.59 Å². The van der Waals surface area contributed by atoms with E-state index in [-0.39, 0.29) is 11.5 Å². The van der Waals surface area contributed by atoms with Crippen molar-refractivity contribution in [3.63, 3.8) is 0 Å². The van der Waals surface area contributed by atoms with E-state index in [4.69, 9.17) is 9.15 Å². The van der Waals surface area contributed by atoms with Crippen LogP contribution in [0.3, 0.4) is 0 Å². The van der Waals surface area contributed by atoms with Gasteiger partial charge in [0.25, 0.3) is 0 Å². The number of rotatable bonds is 5. The average molecular weight is 360 g/mol. The lowest BCUT2D eigenvalue weighted by atomic mass is 10.1. The van der Waals surface area contributed by atoms with E-state index < -0.39 is 18.4 Å². The number of carbonyl (C=O) groups is 2. The molecule has 4 aromatic rings. The Morgan fingerprint density at radius 2 is 1.85 bits per heavy atom. The van der Waals surface area contributed by atoms with Crippen molar-refractivity contribution in [1.29, 1.82) is 0 Å². The Kier molecular flexibility index (Phi) is 4.30. The SMILES string of the molecule is Cc1ccc(C(=O)COC(=O)c2cc(-c3ccc4ccccc4c3)n[nH]2)o1. The van der Waals surface area contributed by atoms with Gasteiger partial charge in [-0.05, 0) is 42.0 Å². The second kappa shape index (κ2) is 6.92. The first-order chi connectivity index (χ1) is 13.1. The summed E-state index contributed by atoms with van der Waals surface area (Å²) in [7, 11) is 0. The molecule has 4 rings (SSSR count). The summed E-state index contributed by atoms with van der Waals surface area (Å²) in [6.07, 6.45) is 0. The van der Waals surface area contributed by atoms with Gasteiger partial charge in [-0.15, -0.1) is 0 Å². The minimum atomic E-state index is -0.647. The Balaban J connectivity index is 1.46. The summed E-state index contributed by atoms with van der Waals surface area (Å²) in [5.41, 5.74) is 1.69. The van der Waals surface area contributed by atoms with Crippen LogP contribution in [0.1, 0.15) is 26.8 Å². The molecule has 0 spiro atoms. The second-order valence-electron chi connectivity index (χ2n) is 6.14. The van der Waals surface area contributed by atoms with Gasteiger partial charge in [-0.1, -0.05) is 36.4 Å².